The lowest BCUT2D eigenvalue weighted by Gasteiger charge is -2.03. The summed E-state index contributed by atoms with van der Waals surface area (Å²) < 4.78 is 0.922. The van der Waals surface area contributed by atoms with Crippen LogP contribution in [0, 0.1) is 0 Å². The molecule has 0 saturated carbocycles. The van der Waals surface area contributed by atoms with Gasteiger partial charge >= 0.3 is 0 Å². The lowest BCUT2D eigenvalue weighted by Crippen LogP contribution is -2.07. The maximum absolute atomic E-state index is 10.1. The van der Waals surface area contributed by atoms with Crippen molar-refractivity contribution in [1.29, 1.82) is 0 Å². The van der Waals surface area contributed by atoms with E-state index in [1.54, 1.807) is 23.1 Å². The number of aldehydes is 1. The third-order valence-electron chi connectivity index (χ3n) is 1.24. The highest BCUT2D eigenvalue weighted by molar-refractivity contribution is 8.01. The molecule has 0 bridgehead atoms. The van der Waals surface area contributed by atoms with E-state index in [9.17, 15) is 4.79 Å². The zero-order chi connectivity index (χ0) is 9.68. The first kappa shape index (κ1) is 10.5. The Labute approximate surface area is 85.3 Å². The molecule has 4 nitrogen and oxygen atoms in total. The molecule has 13 heavy (non-hydrogen) atoms. The Kier molecular flexibility index (Phi) is 4.17. The molecule has 0 aromatic carbocycles. The van der Waals surface area contributed by atoms with E-state index in [2.05, 4.69) is 10.2 Å². The van der Waals surface area contributed by atoms with E-state index in [-0.39, 0.29) is 0 Å². The summed E-state index contributed by atoms with van der Waals surface area (Å²) in [7, 11) is 3.86. The number of nitrogens with zero attached hydrogens (tertiary/aromatic N) is 3. The molecule has 0 atom stereocenters. The molecule has 72 valence electrons. The highest BCUT2D eigenvalue weighted by Gasteiger charge is 2.05. The summed E-state index contributed by atoms with van der Waals surface area (Å²) in [6, 6.07) is 0. The summed E-state index contributed by atoms with van der Waals surface area (Å²) in [6.45, 7) is 0. The molecule has 6 heteroatoms. The molecule has 1 heterocycles. The fraction of sp³-hybridized carbons (Fsp3) is 0.571. The fourth-order valence-electron chi connectivity index (χ4n) is 0.636. The third kappa shape index (κ3) is 3.31. The lowest BCUT2D eigenvalue weighted by atomic mass is 10.6. The molecule has 1 rings (SSSR count). The smallest absolute Gasteiger partial charge is 0.208 e. The zero-order valence-electron chi connectivity index (χ0n) is 7.56. The Morgan fingerprint density at radius 3 is 2.85 bits per heavy atom. The summed E-state index contributed by atoms with van der Waals surface area (Å²) in [5, 5.41) is 8.86. The van der Waals surface area contributed by atoms with Crippen molar-refractivity contribution in [3.05, 3.63) is 0 Å². The second-order valence-corrected chi connectivity index (χ2v) is 4.85. The number of carbonyl (C=O) groups is 1. The van der Waals surface area contributed by atoms with Crippen LogP contribution in [0.25, 0.3) is 0 Å². The van der Waals surface area contributed by atoms with E-state index >= 15 is 0 Å². The van der Waals surface area contributed by atoms with Gasteiger partial charge in [-0.25, -0.2) is 0 Å². The Hall–Kier alpha value is -0.620. The number of hydrogen-bond donors (Lipinski definition) is 0. The van der Waals surface area contributed by atoms with Crippen molar-refractivity contribution in [2.75, 3.05) is 24.7 Å². The van der Waals surface area contributed by atoms with E-state index < -0.39 is 0 Å². The molecular weight excluding hydrogens is 206 g/mol. The molecule has 1 aromatic heterocycles. The minimum atomic E-state index is 0.571. The summed E-state index contributed by atoms with van der Waals surface area (Å²) in [6.07, 6.45) is 1.49. The molecule has 0 aliphatic rings. The summed E-state index contributed by atoms with van der Waals surface area (Å²) >= 11 is 3.11. The van der Waals surface area contributed by atoms with E-state index in [0.29, 0.717) is 6.42 Å². The van der Waals surface area contributed by atoms with Gasteiger partial charge in [-0.3, -0.25) is 0 Å². The van der Waals surface area contributed by atoms with Gasteiger partial charge in [0.1, 0.15) is 6.29 Å². The normalized spacial score (nSPS) is 10.0. The Bertz CT molecular complexity index is 274. The minimum absolute atomic E-state index is 0.571. The standard InChI is InChI=1S/C7H11N3OS2/c1-10(2)6-8-9-7(13-6)12-5-3-4-11/h4H,3,5H2,1-2H3. The SMILES string of the molecule is CN(C)c1nnc(SCCC=O)s1. The van der Waals surface area contributed by atoms with Gasteiger partial charge in [0.25, 0.3) is 0 Å². The first-order chi connectivity index (χ1) is 6.24. The lowest BCUT2D eigenvalue weighted by molar-refractivity contribution is -0.107. The van der Waals surface area contributed by atoms with Gasteiger partial charge in [0, 0.05) is 26.3 Å². The molecule has 1 aromatic rings. The largest absolute Gasteiger partial charge is 0.353 e. The maximum atomic E-state index is 10.1. The Morgan fingerprint density at radius 1 is 1.54 bits per heavy atom. The van der Waals surface area contributed by atoms with Crippen LogP contribution in [-0.2, 0) is 4.79 Å². The van der Waals surface area contributed by atoms with Gasteiger partial charge < -0.3 is 9.69 Å². The van der Waals surface area contributed by atoms with Crippen LogP contribution < -0.4 is 4.90 Å². The molecule has 0 aliphatic heterocycles. The van der Waals surface area contributed by atoms with Crippen LogP contribution in [0.1, 0.15) is 6.42 Å². The minimum Gasteiger partial charge on any atom is -0.353 e. The van der Waals surface area contributed by atoms with Crippen molar-refractivity contribution >= 4 is 34.5 Å². The van der Waals surface area contributed by atoms with Gasteiger partial charge in [0.15, 0.2) is 4.34 Å². The Balaban J connectivity index is 2.44. The van der Waals surface area contributed by atoms with Crippen LogP contribution in [0.15, 0.2) is 4.34 Å². The number of carbonyl (C=O) groups excluding carboxylic acids is 1. The molecule has 0 fully saturated rings. The predicted octanol–water partition coefficient (Wildman–Crippen LogP) is 1.29. The summed E-state index contributed by atoms with van der Waals surface area (Å²) in [5.41, 5.74) is 0. The number of hydrogen-bond acceptors (Lipinski definition) is 6. The van der Waals surface area contributed by atoms with Gasteiger partial charge in [-0.15, -0.1) is 10.2 Å². The highest BCUT2D eigenvalue weighted by Crippen LogP contribution is 2.26. The molecule has 0 amide bonds. The number of thioether (sulfide) groups is 1. The van der Waals surface area contributed by atoms with E-state index in [1.165, 1.54) is 0 Å². The molecule has 0 spiro atoms. The van der Waals surface area contributed by atoms with E-state index in [0.717, 1.165) is 21.5 Å². The molecule has 0 saturated heterocycles. The summed E-state index contributed by atoms with van der Waals surface area (Å²) in [5.74, 6) is 0.783. The molecular formula is C7H11N3OS2. The van der Waals surface area contributed by atoms with Crippen LogP contribution >= 0.6 is 23.1 Å². The molecule has 0 N–H and O–H groups in total. The monoisotopic (exact) mass is 217 g/mol. The van der Waals surface area contributed by atoms with Crippen molar-refractivity contribution in [2.24, 2.45) is 0 Å². The van der Waals surface area contributed by atoms with Crippen molar-refractivity contribution in [3.63, 3.8) is 0 Å². The van der Waals surface area contributed by atoms with Gasteiger partial charge in [-0.1, -0.05) is 23.1 Å². The van der Waals surface area contributed by atoms with E-state index in [1.807, 2.05) is 19.0 Å². The molecule has 0 unspecified atom stereocenters. The number of aromatic nitrogens is 2. The van der Waals surface area contributed by atoms with Crippen molar-refractivity contribution in [1.82, 2.24) is 10.2 Å². The first-order valence-electron chi connectivity index (χ1n) is 3.81. The average molecular weight is 217 g/mol. The van der Waals surface area contributed by atoms with Gasteiger partial charge in [0.2, 0.25) is 5.13 Å². The van der Waals surface area contributed by atoms with Gasteiger partial charge in [-0.05, 0) is 0 Å². The van der Waals surface area contributed by atoms with Crippen LogP contribution in [0.3, 0.4) is 0 Å². The van der Waals surface area contributed by atoms with Crippen LogP contribution in [0.4, 0.5) is 5.13 Å². The van der Waals surface area contributed by atoms with E-state index in [4.69, 9.17) is 0 Å². The van der Waals surface area contributed by atoms with Crippen LogP contribution in [-0.4, -0.2) is 36.3 Å². The van der Waals surface area contributed by atoms with Crippen LogP contribution in [0.2, 0.25) is 0 Å². The maximum Gasteiger partial charge on any atom is 0.208 e. The quantitative estimate of drug-likeness (QED) is 0.422. The number of rotatable bonds is 5. The van der Waals surface area contributed by atoms with Crippen molar-refractivity contribution in [2.45, 2.75) is 10.8 Å². The second kappa shape index (κ2) is 5.18. The Morgan fingerprint density at radius 2 is 2.31 bits per heavy atom. The van der Waals surface area contributed by atoms with Crippen molar-refractivity contribution < 1.29 is 4.79 Å². The van der Waals surface area contributed by atoms with Crippen molar-refractivity contribution in [3.8, 4) is 0 Å². The van der Waals surface area contributed by atoms with Crippen LogP contribution in [0.5, 0.6) is 0 Å². The number of anilines is 1. The highest BCUT2D eigenvalue weighted by atomic mass is 32.2. The topological polar surface area (TPSA) is 46.1 Å². The zero-order valence-corrected chi connectivity index (χ0v) is 9.19. The second-order valence-electron chi connectivity index (χ2n) is 2.55. The first-order valence-corrected chi connectivity index (χ1v) is 5.61. The third-order valence-corrected chi connectivity index (χ3v) is 3.50. The summed E-state index contributed by atoms with van der Waals surface area (Å²) in [4.78, 5) is 12.0. The van der Waals surface area contributed by atoms with Gasteiger partial charge in [0.05, 0.1) is 0 Å². The molecule has 0 radical (unpaired) electrons. The fourth-order valence-corrected chi connectivity index (χ4v) is 2.33. The average Bonchev–Trinajstić information content (AvgIpc) is 2.53. The molecule has 0 aliphatic carbocycles. The predicted molar refractivity (Wildman–Crippen MR) is 55.6 cm³/mol. The van der Waals surface area contributed by atoms with Gasteiger partial charge in [-0.2, -0.15) is 0 Å².